The normalized spacial score (nSPS) is 18.6. The van der Waals surface area contributed by atoms with Crippen LogP contribution in [0.2, 0.25) is 0 Å². The Morgan fingerprint density at radius 2 is 2.21 bits per heavy atom. The topological polar surface area (TPSA) is 57.6 Å². The molecule has 1 fully saturated rings. The minimum Gasteiger partial charge on any atom is -0.481 e. The first-order valence-electron chi connectivity index (χ1n) is 6.28. The molecule has 1 atom stereocenters. The van der Waals surface area contributed by atoms with Gasteiger partial charge in [-0.2, -0.15) is 0 Å². The molecule has 1 aliphatic rings. The highest BCUT2D eigenvalue weighted by atomic mass is 127. The summed E-state index contributed by atoms with van der Waals surface area (Å²) in [5.74, 6) is -0.888. The van der Waals surface area contributed by atoms with Crippen LogP contribution in [0, 0.1) is 10.5 Å². The molecule has 0 aromatic heterocycles. The highest BCUT2D eigenvalue weighted by molar-refractivity contribution is 14.1. The highest BCUT2D eigenvalue weighted by Crippen LogP contribution is 2.24. The quantitative estimate of drug-likeness (QED) is 0.829. The fraction of sp³-hybridized carbons (Fsp3) is 0.429. The van der Waals surface area contributed by atoms with Crippen LogP contribution in [0.5, 0.6) is 0 Å². The van der Waals surface area contributed by atoms with Gasteiger partial charge in [-0.15, -0.1) is 0 Å². The first-order valence-corrected chi connectivity index (χ1v) is 7.36. The monoisotopic (exact) mass is 373 g/mol. The van der Waals surface area contributed by atoms with E-state index in [0.717, 1.165) is 22.0 Å². The molecule has 4 nitrogen and oxygen atoms in total. The molecule has 1 heterocycles. The minimum atomic E-state index is -0.844. The molecule has 0 aliphatic carbocycles. The number of aryl methyl sites for hydroxylation is 1. The average Bonchev–Trinajstić information content (AvgIpc) is 2.78. The molecule has 1 unspecified atom stereocenters. The van der Waals surface area contributed by atoms with Gasteiger partial charge in [0.1, 0.15) is 0 Å². The van der Waals surface area contributed by atoms with Crippen molar-refractivity contribution in [1.29, 1.82) is 0 Å². The van der Waals surface area contributed by atoms with Crippen LogP contribution in [0.25, 0.3) is 0 Å². The number of carbonyl (C=O) groups is 2. The molecule has 5 heteroatoms. The molecule has 0 spiro atoms. The largest absolute Gasteiger partial charge is 0.481 e. The van der Waals surface area contributed by atoms with Gasteiger partial charge >= 0.3 is 5.97 Å². The summed E-state index contributed by atoms with van der Waals surface area (Å²) >= 11 is 2.15. The van der Waals surface area contributed by atoms with E-state index in [1.165, 1.54) is 0 Å². The van der Waals surface area contributed by atoms with Crippen molar-refractivity contribution in [2.75, 3.05) is 6.54 Å². The summed E-state index contributed by atoms with van der Waals surface area (Å²) in [6, 6.07) is 5.60. The summed E-state index contributed by atoms with van der Waals surface area (Å²) in [7, 11) is 0. The Balaban J connectivity index is 2.23. The van der Waals surface area contributed by atoms with Crippen LogP contribution in [0.15, 0.2) is 18.2 Å². The summed E-state index contributed by atoms with van der Waals surface area (Å²) in [5, 5.41) is 8.90. The molecule has 0 bridgehead atoms. The van der Waals surface area contributed by atoms with E-state index in [4.69, 9.17) is 5.11 Å². The third kappa shape index (κ3) is 3.26. The summed E-state index contributed by atoms with van der Waals surface area (Å²) in [6.07, 6.45) is 1.70. The van der Waals surface area contributed by atoms with Gasteiger partial charge in [-0.3, -0.25) is 9.59 Å². The Morgan fingerprint density at radius 3 is 2.89 bits per heavy atom. The van der Waals surface area contributed by atoms with Gasteiger partial charge in [0.05, 0.1) is 12.0 Å². The van der Waals surface area contributed by atoms with E-state index >= 15 is 0 Å². The van der Waals surface area contributed by atoms with Crippen molar-refractivity contribution in [3.63, 3.8) is 0 Å². The minimum absolute atomic E-state index is 0.0358. The van der Waals surface area contributed by atoms with Gasteiger partial charge in [-0.1, -0.05) is 11.6 Å². The Morgan fingerprint density at radius 1 is 1.47 bits per heavy atom. The third-order valence-electron chi connectivity index (χ3n) is 3.40. The molecule has 1 aliphatic heterocycles. The van der Waals surface area contributed by atoms with Crippen molar-refractivity contribution in [2.24, 2.45) is 0 Å². The number of amides is 1. The first kappa shape index (κ1) is 14.3. The van der Waals surface area contributed by atoms with Crippen LogP contribution >= 0.6 is 22.6 Å². The van der Waals surface area contributed by atoms with Gasteiger partial charge in [-0.05, 0) is 54.5 Å². The molecule has 1 N–H and O–H groups in total. The van der Waals surface area contributed by atoms with Crippen LogP contribution in [0.4, 0.5) is 0 Å². The van der Waals surface area contributed by atoms with E-state index in [0.29, 0.717) is 12.1 Å². The van der Waals surface area contributed by atoms with Crippen LogP contribution in [0.3, 0.4) is 0 Å². The molecule has 0 radical (unpaired) electrons. The average molecular weight is 373 g/mol. The van der Waals surface area contributed by atoms with Gasteiger partial charge < -0.3 is 10.0 Å². The van der Waals surface area contributed by atoms with Crippen molar-refractivity contribution < 1.29 is 14.7 Å². The lowest BCUT2D eigenvalue weighted by Gasteiger charge is -2.24. The van der Waals surface area contributed by atoms with Crippen molar-refractivity contribution in [2.45, 2.75) is 32.2 Å². The Hall–Kier alpha value is -1.11. The number of likely N-dealkylation sites (tertiary alicyclic amines) is 1. The van der Waals surface area contributed by atoms with Crippen molar-refractivity contribution >= 4 is 34.5 Å². The number of carboxylic acid groups (broad SMARTS) is 1. The van der Waals surface area contributed by atoms with Crippen molar-refractivity contribution in [1.82, 2.24) is 4.90 Å². The lowest BCUT2D eigenvalue weighted by molar-refractivity contribution is -0.137. The van der Waals surface area contributed by atoms with E-state index in [1.54, 1.807) is 4.90 Å². The molecule has 1 saturated heterocycles. The second-order valence-electron chi connectivity index (χ2n) is 4.88. The van der Waals surface area contributed by atoms with Gasteiger partial charge in [-0.25, -0.2) is 0 Å². The molecule has 1 aromatic rings. The van der Waals surface area contributed by atoms with Crippen LogP contribution in [-0.2, 0) is 4.79 Å². The van der Waals surface area contributed by atoms with E-state index in [-0.39, 0.29) is 18.4 Å². The molecule has 1 aromatic carbocycles. The Bertz CT molecular complexity index is 515. The predicted molar refractivity (Wildman–Crippen MR) is 80.2 cm³/mol. The molecule has 2 rings (SSSR count). The number of carboxylic acids is 1. The fourth-order valence-electron chi connectivity index (χ4n) is 2.47. The molecule has 0 saturated carbocycles. The molecule has 1 amide bonds. The molecular formula is C14H16INO3. The van der Waals surface area contributed by atoms with E-state index < -0.39 is 5.97 Å². The smallest absolute Gasteiger partial charge is 0.305 e. The highest BCUT2D eigenvalue weighted by Gasteiger charge is 2.31. The van der Waals surface area contributed by atoms with E-state index in [9.17, 15) is 9.59 Å². The maximum absolute atomic E-state index is 12.5. The Labute approximate surface area is 125 Å². The second kappa shape index (κ2) is 5.90. The van der Waals surface area contributed by atoms with Crippen LogP contribution in [0.1, 0.15) is 35.2 Å². The number of nitrogens with zero attached hydrogens (tertiary/aromatic N) is 1. The SMILES string of the molecule is Cc1ccc(I)c(C(=O)N2CCCC2CC(=O)O)c1. The lowest BCUT2D eigenvalue weighted by atomic mass is 10.1. The number of hydrogen-bond acceptors (Lipinski definition) is 2. The fourth-order valence-corrected chi connectivity index (χ4v) is 3.04. The number of rotatable bonds is 3. The number of hydrogen-bond donors (Lipinski definition) is 1. The van der Waals surface area contributed by atoms with E-state index in [1.807, 2.05) is 25.1 Å². The Kier molecular flexibility index (Phi) is 4.44. The summed E-state index contributed by atoms with van der Waals surface area (Å²) in [5.41, 5.74) is 1.72. The van der Waals surface area contributed by atoms with Gasteiger partial charge in [0.2, 0.25) is 0 Å². The maximum atomic E-state index is 12.5. The standard InChI is InChI=1S/C14H16INO3/c1-9-4-5-12(15)11(7-9)14(19)16-6-2-3-10(16)8-13(17)18/h4-5,7,10H,2-3,6,8H2,1H3,(H,17,18). The molecule has 102 valence electrons. The zero-order valence-electron chi connectivity index (χ0n) is 10.7. The first-order chi connectivity index (χ1) is 8.99. The van der Waals surface area contributed by atoms with Crippen LogP contribution < -0.4 is 0 Å². The third-order valence-corrected chi connectivity index (χ3v) is 4.34. The van der Waals surface area contributed by atoms with Crippen molar-refractivity contribution in [3.05, 3.63) is 32.9 Å². The zero-order valence-corrected chi connectivity index (χ0v) is 12.9. The maximum Gasteiger partial charge on any atom is 0.305 e. The number of halogens is 1. The van der Waals surface area contributed by atoms with Crippen molar-refractivity contribution in [3.8, 4) is 0 Å². The summed E-state index contributed by atoms with van der Waals surface area (Å²) in [4.78, 5) is 25.1. The summed E-state index contributed by atoms with van der Waals surface area (Å²) in [6.45, 7) is 2.60. The van der Waals surface area contributed by atoms with E-state index in [2.05, 4.69) is 22.6 Å². The predicted octanol–water partition coefficient (Wildman–Crippen LogP) is 2.68. The van der Waals surface area contributed by atoms with Gasteiger partial charge in [0.15, 0.2) is 0 Å². The van der Waals surface area contributed by atoms with Gasteiger partial charge in [0, 0.05) is 16.2 Å². The molecule has 19 heavy (non-hydrogen) atoms. The number of benzene rings is 1. The molecular weight excluding hydrogens is 357 g/mol. The number of carbonyl (C=O) groups excluding carboxylic acids is 1. The zero-order chi connectivity index (χ0) is 14.0. The van der Waals surface area contributed by atoms with Gasteiger partial charge in [0.25, 0.3) is 5.91 Å². The summed E-state index contributed by atoms with van der Waals surface area (Å²) < 4.78 is 0.911. The lowest BCUT2D eigenvalue weighted by Crippen LogP contribution is -2.37. The number of aliphatic carboxylic acids is 1. The second-order valence-corrected chi connectivity index (χ2v) is 6.04. The van der Waals surface area contributed by atoms with Crippen LogP contribution in [-0.4, -0.2) is 34.5 Å².